The quantitative estimate of drug-likeness (QED) is 0.858. The van der Waals surface area contributed by atoms with E-state index in [0.717, 1.165) is 19.3 Å². The molecule has 0 bridgehead atoms. The zero-order valence-electron chi connectivity index (χ0n) is 13.6. The van der Waals surface area contributed by atoms with Crippen molar-refractivity contribution >= 4 is 0 Å². The van der Waals surface area contributed by atoms with Crippen LogP contribution in [-0.4, -0.2) is 11.2 Å². The zero-order chi connectivity index (χ0) is 15.4. The largest absolute Gasteiger partial charge is 0.393 e. The lowest BCUT2D eigenvalue weighted by atomic mass is 9.93. The highest BCUT2D eigenvalue weighted by molar-refractivity contribution is 5.38. The van der Waals surface area contributed by atoms with Crippen molar-refractivity contribution in [3.8, 4) is 0 Å². The molecule has 2 rings (SSSR count). The molecule has 0 radical (unpaired) electrons. The summed E-state index contributed by atoms with van der Waals surface area (Å²) >= 11 is 0. The van der Waals surface area contributed by atoms with Gasteiger partial charge in [-0.1, -0.05) is 42.0 Å². The Bertz CT molecular complexity index is 590. The van der Waals surface area contributed by atoms with Crippen molar-refractivity contribution in [2.24, 2.45) is 0 Å². The van der Waals surface area contributed by atoms with E-state index in [1.165, 1.54) is 33.4 Å². The first kappa shape index (κ1) is 15.8. The standard InChI is InChI=1S/C20H26O/c1-14-11-16(3)20(17(4)12-14)13-19(21)10-9-18-8-6-5-7-15(18)2/h5-8,11-12,19,21H,9-10,13H2,1-4H3. The molecule has 0 aliphatic carbocycles. The van der Waals surface area contributed by atoms with Crippen LogP contribution in [0.3, 0.4) is 0 Å². The third-order valence-electron chi connectivity index (χ3n) is 4.29. The van der Waals surface area contributed by atoms with E-state index in [1.54, 1.807) is 0 Å². The second kappa shape index (κ2) is 6.91. The van der Waals surface area contributed by atoms with E-state index in [-0.39, 0.29) is 6.10 Å². The summed E-state index contributed by atoms with van der Waals surface area (Å²) in [4.78, 5) is 0. The van der Waals surface area contributed by atoms with E-state index in [9.17, 15) is 5.11 Å². The summed E-state index contributed by atoms with van der Waals surface area (Å²) < 4.78 is 0. The molecule has 0 saturated heterocycles. The number of aliphatic hydroxyl groups excluding tert-OH is 1. The van der Waals surface area contributed by atoms with Gasteiger partial charge in [-0.3, -0.25) is 0 Å². The van der Waals surface area contributed by atoms with Crippen LogP contribution in [0, 0.1) is 27.7 Å². The lowest BCUT2D eigenvalue weighted by Crippen LogP contribution is -2.14. The molecule has 1 unspecified atom stereocenters. The number of benzene rings is 2. The van der Waals surface area contributed by atoms with Gasteiger partial charge >= 0.3 is 0 Å². The minimum Gasteiger partial charge on any atom is -0.393 e. The Hall–Kier alpha value is -1.60. The number of rotatable bonds is 5. The van der Waals surface area contributed by atoms with E-state index in [1.807, 2.05) is 0 Å². The normalized spacial score (nSPS) is 12.4. The van der Waals surface area contributed by atoms with Gasteiger partial charge in [0.05, 0.1) is 6.10 Å². The Morgan fingerprint density at radius 1 is 0.905 bits per heavy atom. The third-order valence-corrected chi connectivity index (χ3v) is 4.29. The van der Waals surface area contributed by atoms with Crippen LogP contribution in [0.15, 0.2) is 36.4 Å². The Balaban J connectivity index is 1.99. The molecule has 0 amide bonds. The number of hydrogen-bond donors (Lipinski definition) is 1. The smallest absolute Gasteiger partial charge is 0.0583 e. The summed E-state index contributed by atoms with van der Waals surface area (Å²) in [5.74, 6) is 0. The van der Waals surface area contributed by atoms with E-state index >= 15 is 0 Å². The summed E-state index contributed by atoms with van der Waals surface area (Å²) in [6.45, 7) is 8.54. The van der Waals surface area contributed by atoms with Crippen LogP contribution in [0.25, 0.3) is 0 Å². The molecule has 1 N–H and O–H groups in total. The molecule has 0 spiro atoms. The lowest BCUT2D eigenvalue weighted by molar-refractivity contribution is 0.165. The molecule has 0 aliphatic heterocycles. The first-order chi connectivity index (χ1) is 9.97. The number of aryl methyl sites for hydroxylation is 5. The average molecular weight is 282 g/mol. The van der Waals surface area contributed by atoms with Crippen LogP contribution < -0.4 is 0 Å². The SMILES string of the molecule is Cc1cc(C)c(CC(O)CCc2ccccc2C)c(C)c1. The van der Waals surface area contributed by atoms with Gasteiger partial charge in [0.25, 0.3) is 0 Å². The number of aliphatic hydroxyl groups is 1. The molecule has 0 heterocycles. The fourth-order valence-corrected chi connectivity index (χ4v) is 3.08. The van der Waals surface area contributed by atoms with Crippen molar-refractivity contribution in [3.05, 3.63) is 69.8 Å². The minimum atomic E-state index is -0.273. The Kier molecular flexibility index (Phi) is 5.19. The molecule has 2 aromatic rings. The first-order valence-corrected chi connectivity index (χ1v) is 7.76. The molecule has 0 aliphatic rings. The van der Waals surface area contributed by atoms with Gasteiger partial charge in [0.15, 0.2) is 0 Å². The maximum absolute atomic E-state index is 10.4. The third kappa shape index (κ3) is 4.18. The predicted octanol–water partition coefficient (Wildman–Crippen LogP) is 4.46. The maximum Gasteiger partial charge on any atom is 0.0583 e. The molecule has 1 atom stereocenters. The molecule has 2 aromatic carbocycles. The van der Waals surface area contributed by atoms with Crippen molar-refractivity contribution in [3.63, 3.8) is 0 Å². The Labute approximate surface area is 128 Å². The summed E-state index contributed by atoms with van der Waals surface area (Å²) in [5.41, 5.74) is 7.84. The molecule has 112 valence electrons. The van der Waals surface area contributed by atoms with Crippen LogP contribution in [-0.2, 0) is 12.8 Å². The van der Waals surface area contributed by atoms with Gasteiger partial charge in [0, 0.05) is 0 Å². The van der Waals surface area contributed by atoms with E-state index in [2.05, 4.69) is 64.1 Å². The first-order valence-electron chi connectivity index (χ1n) is 7.76. The Morgan fingerprint density at radius 2 is 1.52 bits per heavy atom. The summed E-state index contributed by atoms with van der Waals surface area (Å²) in [5, 5.41) is 10.4. The van der Waals surface area contributed by atoms with Crippen molar-refractivity contribution in [2.75, 3.05) is 0 Å². The van der Waals surface area contributed by atoms with Gasteiger partial charge in [-0.15, -0.1) is 0 Å². The molecule has 0 aromatic heterocycles. The van der Waals surface area contributed by atoms with E-state index < -0.39 is 0 Å². The van der Waals surface area contributed by atoms with Crippen molar-refractivity contribution < 1.29 is 5.11 Å². The summed E-state index contributed by atoms with van der Waals surface area (Å²) in [6.07, 6.45) is 2.24. The van der Waals surface area contributed by atoms with Gasteiger partial charge in [-0.2, -0.15) is 0 Å². The molecule has 1 heteroatoms. The van der Waals surface area contributed by atoms with Gasteiger partial charge in [0.2, 0.25) is 0 Å². The van der Waals surface area contributed by atoms with E-state index in [4.69, 9.17) is 0 Å². The molecular formula is C20H26O. The number of hydrogen-bond acceptors (Lipinski definition) is 1. The van der Waals surface area contributed by atoms with E-state index in [0.29, 0.717) is 0 Å². The molecule has 0 saturated carbocycles. The summed E-state index contributed by atoms with van der Waals surface area (Å²) in [6, 6.07) is 12.8. The van der Waals surface area contributed by atoms with Gasteiger partial charge in [0.1, 0.15) is 0 Å². The van der Waals surface area contributed by atoms with Gasteiger partial charge in [-0.25, -0.2) is 0 Å². The zero-order valence-corrected chi connectivity index (χ0v) is 13.6. The molecule has 21 heavy (non-hydrogen) atoms. The van der Waals surface area contributed by atoms with Crippen molar-refractivity contribution in [2.45, 2.75) is 53.1 Å². The molecule has 0 fully saturated rings. The highest BCUT2D eigenvalue weighted by Gasteiger charge is 2.11. The second-order valence-corrected chi connectivity index (χ2v) is 6.20. The average Bonchev–Trinajstić information content (AvgIpc) is 2.42. The Morgan fingerprint density at radius 3 is 2.14 bits per heavy atom. The highest BCUT2D eigenvalue weighted by atomic mass is 16.3. The van der Waals surface area contributed by atoms with Crippen LogP contribution >= 0.6 is 0 Å². The van der Waals surface area contributed by atoms with Gasteiger partial charge < -0.3 is 5.11 Å². The summed E-state index contributed by atoms with van der Waals surface area (Å²) in [7, 11) is 0. The molecular weight excluding hydrogens is 256 g/mol. The van der Waals surface area contributed by atoms with Crippen molar-refractivity contribution in [1.82, 2.24) is 0 Å². The fraction of sp³-hybridized carbons (Fsp3) is 0.400. The van der Waals surface area contributed by atoms with Crippen LogP contribution in [0.5, 0.6) is 0 Å². The van der Waals surface area contributed by atoms with Gasteiger partial charge in [-0.05, 0) is 74.8 Å². The maximum atomic E-state index is 10.4. The van der Waals surface area contributed by atoms with Crippen LogP contribution in [0.1, 0.15) is 39.8 Å². The van der Waals surface area contributed by atoms with Crippen LogP contribution in [0.4, 0.5) is 0 Å². The highest BCUT2D eigenvalue weighted by Crippen LogP contribution is 2.20. The van der Waals surface area contributed by atoms with Crippen LogP contribution in [0.2, 0.25) is 0 Å². The predicted molar refractivity (Wildman–Crippen MR) is 89.9 cm³/mol. The minimum absolute atomic E-state index is 0.273. The van der Waals surface area contributed by atoms with Crippen molar-refractivity contribution in [1.29, 1.82) is 0 Å². The second-order valence-electron chi connectivity index (χ2n) is 6.20. The monoisotopic (exact) mass is 282 g/mol. The molecule has 1 nitrogen and oxygen atoms in total. The topological polar surface area (TPSA) is 20.2 Å². The lowest BCUT2D eigenvalue weighted by Gasteiger charge is -2.16. The fourth-order valence-electron chi connectivity index (χ4n) is 3.08.